The lowest BCUT2D eigenvalue weighted by molar-refractivity contribution is -0.907. The van der Waals surface area contributed by atoms with Gasteiger partial charge in [0, 0.05) is 5.56 Å². The SMILES string of the molecule is COc1ccc2c(c1)CCC(C[NH+]1CCCCC1)C2=O.[Cl-]. The van der Waals surface area contributed by atoms with Crippen LogP contribution in [0.2, 0.25) is 0 Å². The van der Waals surface area contributed by atoms with Gasteiger partial charge < -0.3 is 22.0 Å². The van der Waals surface area contributed by atoms with Gasteiger partial charge in [-0.15, -0.1) is 0 Å². The highest BCUT2D eigenvalue weighted by Crippen LogP contribution is 2.28. The zero-order valence-corrected chi connectivity index (χ0v) is 13.4. The molecule has 1 aliphatic carbocycles. The van der Waals surface area contributed by atoms with Crippen LogP contribution in [0, 0.1) is 5.92 Å². The summed E-state index contributed by atoms with van der Waals surface area (Å²) in [6.45, 7) is 3.53. The summed E-state index contributed by atoms with van der Waals surface area (Å²) in [6.07, 6.45) is 6.03. The third-order valence-electron chi connectivity index (χ3n) is 4.81. The van der Waals surface area contributed by atoms with Crippen LogP contribution >= 0.6 is 0 Å². The number of carbonyl (C=O) groups is 1. The summed E-state index contributed by atoms with van der Waals surface area (Å²) < 4.78 is 5.25. The van der Waals surface area contributed by atoms with Gasteiger partial charge in [-0.25, -0.2) is 0 Å². The number of Topliss-reactive ketones (excluding diaryl/α,β-unsaturated/α-hetero) is 1. The molecule has 21 heavy (non-hydrogen) atoms. The summed E-state index contributed by atoms with van der Waals surface area (Å²) >= 11 is 0. The van der Waals surface area contributed by atoms with Crippen molar-refractivity contribution in [2.24, 2.45) is 5.92 Å². The second-order valence-corrected chi connectivity index (χ2v) is 6.14. The van der Waals surface area contributed by atoms with E-state index in [9.17, 15) is 4.79 Å². The third kappa shape index (κ3) is 3.58. The highest BCUT2D eigenvalue weighted by Gasteiger charge is 2.31. The Labute approximate surface area is 133 Å². The molecule has 0 spiro atoms. The fourth-order valence-corrected chi connectivity index (χ4v) is 3.62. The molecule has 1 fully saturated rings. The number of nitrogens with one attached hydrogen (secondary N) is 1. The molecule has 1 saturated heterocycles. The molecule has 0 saturated carbocycles. The molecule has 0 bridgehead atoms. The Balaban J connectivity index is 0.00000161. The molecule has 0 aromatic heterocycles. The predicted molar refractivity (Wildman–Crippen MR) is 78.6 cm³/mol. The van der Waals surface area contributed by atoms with Gasteiger partial charge in [-0.3, -0.25) is 4.79 Å². The number of hydrogen-bond acceptors (Lipinski definition) is 2. The highest BCUT2D eigenvalue weighted by atomic mass is 35.5. The largest absolute Gasteiger partial charge is 1.00 e. The number of piperidine rings is 1. The number of carbonyl (C=O) groups excluding carboxylic acids is 1. The molecule has 3 nitrogen and oxygen atoms in total. The van der Waals surface area contributed by atoms with E-state index in [0.717, 1.165) is 30.7 Å². The zero-order chi connectivity index (χ0) is 13.9. The van der Waals surface area contributed by atoms with E-state index in [4.69, 9.17) is 4.74 Å². The maximum Gasteiger partial charge on any atom is 0.171 e. The van der Waals surface area contributed by atoms with E-state index in [2.05, 4.69) is 0 Å². The molecule has 1 atom stereocenters. The van der Waals surface area contributed by atoms with Crippen LogP contribution in [-0.2, 0) is 6.42 Å². The Kier molecular flexibility index (Phi) is 5.65. The van der Waals surface area contributed by atoms with Crippen LogP contribution in [0.1, 0.15) is 41.6 Å². The first-order valence-corrected chi connectivity index (χ1v) is 7.82. The highest BCUT2D eigenvalue weighted by molar-refractivity contribution is 6.00. The molecule has 1 heterocycles. The summed E-state index contributed by atoms with van der Waals surface area (Å²) in [7, 11) is 1.68. The third-order valence-corrected chi connectivity index (χ3v) is 4.81. The molecule has 4 heteroatoms. The molecule has 0 radical (unpaired) electrons. The van der Waals surface area contributed by atoms with Crippen LogP contribution in [0.3, 0.4) is 0 Å². The van der Waals surface area contributed by atoms with Crippen LogP contribution in [0.4, 0.5) is 0 Å². The van der Waals surface area contributed by atoms with Crippen LogP contribution in [0.25, 0.3) is 0 Å². The number of aryl methyl sites for hydroxylation is 1. The van der Waals surface area contributed by atoms with E-state index in [0.29, 0.717) is 5.78 Å². The van der Waals surface area contributed by atoms with Gasteiger partial charge in [-0.05, 0) is 55.9 Å². The molecule has 1 unspecified atom stereocenters. The van der Waals surface area contributed by atoms with Gasteiger partial charge in [0.05, 0.1) is 32.7 Å². The second-order valence-electron chi connectivity index (χ2n) is 6.14. The molecule has 3 rings (SSSR count). The number of quaternary nitrogens is 1. The van der Waals surface area contributed by atoms with Gasteiger partial charge in [0.25, 0.3) is 0 Å². The van der Waals surface area contributed by atoms with E-state index in [-0.39, 0.29) is 18.3 Å². The first kappa shape index (κ1) is 16.3. The zero-order valence-electron chi connectivity index (χ0n) is 12.7. The van der Waals surface area contributed by atoms with Crippen molar-refractivity contribution in [1.82, 2.24) is 0 Å². The van der Waals surface area contributed by atoms with Gasteiger partial charge in [0.2, 0.25) is 0 Å². The number of hydrogen-bond donors (Lipinski definition) is 1. The summed E-state index contributed by atoms with van der Waals surface area (Å²) in [5.41, 5.74) is 2.10. The molecule has 1 aromatic carbocycles. The number of likely N-dealkylation sites (tertiary alicyclic amines) is 1. The molecule has 2 aliphatic rings. The maximum atomic E-state index is 12.6. The molecular weight excluding hydrogens is 286 g/mol. The van der Waals surface area contributed by atoms with Crippen molar-refractivity contribution in [3.8, 4) is 5.75 Å². The maximum absolute atomic E-state index is 12.6. The Hall–Kier alpha value is -1.06. The van der Waals surface area contributed by atoms with Crippen molar-refractivity contribution < 1.29 is 26.8 Å². The van der Waals surface area contributed by atoms with Crippen molar-refractivity contribution in [2.75, 3.05) is 26.7 Å². The van der Waals surface area contributed by atoms with Crippen molar-refractivity contribution in [3.05, 3.63) is 29.3 Å². The average Bonchev–Trinajstić information content (AvgIpc) is 2.51. The van der Waals surface area contributed by atoms with Gasteiger partial charge in [0.1, 0.15) is 5.75 Å². The van der Waals surface area contributed by atoms with Crippen LogP contribution < -0.4 is 22.0 Å². The smallest absolute Gasteiger partial charge is 0.171 e. The quantitative estimate of drug-likeness (QED) is 0.738. The Morgan fingerprint density at radius 2 is 2.00 bits per heavy atom. The lowest BCUT2D eigenvalue weighted by Gasteiger charge is -2.29. The van der Waals surface area contributed by atoms with Gasteiger partial charge >= 0.3 is 0 Å². The molecule has 1 N–H and O–H groups in total. The fraction of sp³-hybridized carbons (Fsp3) is 0.588. The lowest BCUT2D eigenvalue weighted by Crippen LogP contribution is -3.13. The summed E-state index contributed by atoms with van der Waals surface area (Å²) in [4.78, 5) is 14.3. The summed E-state index contributed by atoms with van der Waals surface area (Å²) in [5.74, 6) is 1.44. The number of halogens is 1. The Morgan fingerprint density at radius 1 is 1.24 bits per heavy atom. The van der Waals surface area contributed by atoms with Gasteiger partial charge in [-0.2, -0.15) is 0 Å². The van der Waals surface area contributed by atoms with Gasteiger partial charge in [0.15, 0.2) is 5.78 Å². The van der Waals surface area contributed by atoms with Crippen molar-refractivity contribution >= 4 is 5.78 Å². The number of fused-ring (bicyclic) bond motifs is 1. The van der Waals surface area contributed by atoms with Crippen molar-refractivity contribution in [1.29, 1.82) is 0 Å². The van der Waals surface area contributed by atoms with Crippen LogP contribution in [0.5, 0.6) is 5.75 Å². The summed E-state index contributed by atoms with van der Waals surface area (Å²) in [5, 5.41) is 0. The topological polar surface area (TPSA) is 30.7 Å². The Morgan fingerprint density at radius 3 is 2.71 bits per heavy atom. The minimum absolute atomic E-state index is 0. The first-order chi connectivity index (χ1) is 9.78. The predicted octanol–water partition coefficient (Wildman–Crippen LogP) is -1.49. The standard InChI is InChI=1S/C17H23NO2.ClH/c1-20-15-7-8-16-13(11-15)5-6-14(17(16)19)12-18-9-3-2-4-10-18;/h7-8,11,14H,2-6,9-10,12H2,1H3;1H. The van der Waals surface area contributed by atoms with Crippen molar-refractivity contribution in [2.45, 2.75) is 32.1 Å². The lowest BCUT2D eigenvalue weighted by atomic mass is 9.82. The van der Waals surface area contributed by atoms with E-state index in [1.54, 1.807) is 12.0 Å². The first-order valence-electron chi connectivity index (χ1n) is 7.82. The van der Waals surface area contributed by atoms with Crippen molar-refractivity contribution in [3.63, 3.8) is 0 Å². The average molecular weight is 310 g/mol. The van der Waals surface area contributed by atoms with E-state index in [1.807, 2.05) is 18.2 Å². The van der Waals surface area contributed by atoms with Crippen LogP contribution in [0.15, 0.2) is 18.2 Å². The van der Waals surface area contributed by atoms with E-state index in [1.165, 1.54) is 37.9 Å². The van der Waals surface area contributed by atoms with E-state index < -0.39 is 0 Å². The second kappa shape index (κ2) is 7.28. The monoisotopic (exact) mass is 309 g/mol. The molecule has 0 amide bonds. The number of benzene rings is 1. The number of ether oxygens (including phenoxy) is 1. The number of methoxy groups -OCH3 is 1. The van der Waals surface area contributed by atoms with Crippen LogP contribution in [-0.4, -0.2) is 32.5 Å². The Bertz CT molecular complexity index is 498. The minimum Gasteiger partial charge on any atom is -1.00 e. The normalized spacial score (nSPS) is 22.3. The summed E-state index contributed by atoms with van der Waals surface area (Å²) in [6, 6.07) is 5.89. The molecule has 1 aromatic rings. The fourth-order valence-electron chi connectivity index (χ4n) is 3.62. The number of rotatable bonds is 3. The molecular formula is C17H24ClNO2. The minimum atomic E-state index is 0. The van der Waals surface area contributed by atoms with E-state index >= 15 is 0 Å². The number of ketones is 1. The molecule has 116 valence electrons. The molecule has 1 aliphatic heterocycles. The van der Waals surface area contributed by atoms with Gasteiger partial charge in [-0.1, -0.05) is 0 Å².